The second-order valence-corrected chi connectivity index (χ2v) is 6.85. The van der Waals surface area contributed by atoms with Crippen molar-refractivity contribution in [3.05, 3.63) is 48.0 Å². The second kappa shape index (κ2) is 6.92. The Bertz CT molecular complexity index is 942. The van der Waals surface area contributed by atoms with Gasteiger partial charge in [0.25, 0.3) is 0 Å². The van der Waals surface area contributed by atoms with E-state index in [1.54, 1.807) is 19.2 Å². The van der Waals surface area contributed by atoms with Crippen LogP contribution in [0.1, 0.15) is 18.4 Å². The zero-order chi connectivity index (χ0) is 18.1. The molecule has 1 saturated heterocycles. The van der Waals surface area contributed by atoms with Crippen LogP contribution in [0, 0.1) is 6.92 Å². The van der Waals surface area contributed by atoms with Crippen LogP contribution in [0.5, 0.6) is 5.75 Å². The van der Waals surface area contributed by atoms with Crippen LogP contribution < -0.4 is 4.90 Å². The van der Waals surface area contributed by atoms with Gasteiger partial charge in [-0.1, -0.05) is 18.2 Å². The van der Waals surface area contributed by atoms with E-state index in [2.05, 4.69) is 30.0 Å². The highest BCUT2D eigenvalue weighted by Gasteiger charge is 2.28. The number of methoxy groups -OCH3 is 1. The number of rotatable bonds is 4. The molecule has 0 aliphatic carbocycles. The molecule has 2 heterocycles. The first kappa shape index (κ1) is 16.8. The smallest absolute Gasteiger partial charge is 0.165 e. The molecule has 4 rings (SSSR count). The van der Waals surface area contributed by atoms with E-state index in [1.165, 1.54) is 0 Å². The minimum absolute atomic E-state index is 0.195. The minimum Gasteiger partial charge on any atom is -0.507 e. The number of fused-ring (bicyclic) bond motifs is 1. The normalized spacial score (nSPS) is 17.2. The number of hydrogen-bond donors (Lipinski definition) is 1. The van der Waals surface area contributed by atoms with Gasteiger partial charge in [0.1, 0.15) is 11.6 Å². The number of anilines is 1. The van der Waals surface area contributed by atoms with E-state index in [0.717, 1.165) is 41.7 Å². The highest BCUT2D eigenvalue weighted by Crippen LogP contribution is 2.34. The number of aromatic hydroxyl groups is 1. The second-order valence-electron chi connectivity index (χ2n) is 6.85. The van der Waals surface area contributed by atoms with Crippen molar-refractivity contribution in [3.8, 4) is 17.1 Å². The largest absolute Gasteiger partial charge is 0.507 e. The SMILES string of the molecule is COC[C@@H]1CCCN1c1nc(-c2ccccc2O)nc2cc(C)ccc12. The van der Waals surface area contributed by atoms with E-state index < -0.39 is 0 Å². The molecule has 0 saturated carbocycles. The molecular formula is C21H23N3O2. The summed E-state index contributed by atoms with van der Waals surface area (Å²) in [6, 6.07) is 13.8. The quantitative estimate of drug-likeness (QED) is 0.773. The van der Waals surface area contributed by atoms with Crippen LogP contribution >= 0.6 is 0 Å². The number of phenolic OH excluding ortho intramolecular Hbond substituents is 1. The predicted octanol–water partition coefficient (Wildman–Crippen LogP) is 3.93. The summed E-state index contributed by atoms with van der Waals surface area (Å²) in [6.07, 6.45) is 2.22. The van der Waals surface area contributed by atoms with Crippen molar-refractivity contribution in [1.82, 2.24) is 9.97 Å². The van der Waals surface area contributed by atoms with E-state index in [9.17, 15) is 5.11 Å². The number of aromatic nitrogens is 2. The molecule has 1 fully saturated rings. The summed E-state index contributed by atoms with van der Waals surface area (Å²) in [6.45, 7) is 3.70. The maximum atomic E-state index is 10.3. The average Bonchev–Trinajstić information content (AvgIpc) is 3.09. The number of nitrogens with zero attached hydrogens (tertiary/aromatic N) is 3. The molecule has 0 unspecified atom stereocenters. The molecule has 5 nitrogen and oxygen atoms in total. The summed E-state index contributed by atoms with van der Waals surface area (Å²) in [5.41, 5.74) is 2.70. The molecule has 0 amide bonds. The molecule has 0 radical (unpaired) electrons. The Morgan fingerprint density at radius 2 is 2.04 bits per heavy atom. The van der Waals surface area contributed by atoms with E-state index in [1.807, 2.05) is 12.1 Å². The summed E-state index contributed by atoms with van der Waals surface area (Å²) in [7, 11) is 1.74. The van der Waals surface area contributed by atoms with Crippen molar-refractivity contribution in [3.63, 3.8) is 0 Å². The Morgan fingerprint density at radius 1 is 1.19 bits per heavy atom. The molecular weight excluding hydrogens is 326 g/mol. The highest BCUT2D eigenvalue weighted by molar-refractivity contribution is 5.92. The fourth-order valence-electron chi connectivity index (χ4n) is 3.71. The van der Waals surface area contributed by atoms with Crippen LogP contribution in [0.4, 0.5) is 5.82 Å². The van der Waals surface area contributed by atoms with Gasteiger partial charge in [-0.05, 0) is 49.6 Å². The van der Waals surface area contributed by atoms with Gasteiger partial charge in [-0.25, -0.2) is 9.97 Å². The average molecular weight is 349 g/mol. The number of ether oxygens (including phenoxy) is 1. The Hall–Kier alpha value is -2.66. The monoisotopic (exact) mass is 349 g/mol. The predicted molar refractivity (Wildman–Crippen MR) is 104 cm³/mol. The molecule has 1 aromatic heterocycles. The Morgan fingerprint density at radius 3 is 2.85 bits per heavy atom. The number of phenols is 1. The van der Waals surface area contributed by atoms with Crippen LogP contribution in [0.2, 0.25) is 0 Å². The van der Waals surface area contributed by atoms with Crippen molar-refractivity contribution in [2.24, 2.45) is 0 Å². The van der Waals surface area contributed by atoms with Gasteiger partial charge in [0.15, 0.2) is 5.82 Å². The molecule has 1 N–H and O–H groups in total. The number of para-hydroxylation sites is 1. The Balaban J connectivity index is 1.92. The molecule has 1 aliphatic heterocycles. The van der Waals surface area contributed by atoms with Gasteiger partial charge in [-0.2, -0.15) is 0 Å². The summed E-state index contributed by atoms with van der Waals surface area (Å²) < 4.78 is 5.42. The zero-order valence-corrected chi connectivity index (χ0v) is 15.1. The molecule has 0 spiro atoms. The van der Waals surface area contributed by atoms with Crippen LogP contribution in [0.3, 0.4) is 0 Å². The van der Waals surface area contributed by atoms with Gasteiger partial charge in [-0.15, -0.1) is 0 Å². The third-order valence-corrected chi connectivity index (χ3v) is 4.99. The van der Waals surface area contributed by atoms with Crippen molar-refractivity contribution in [2.75, 3.05) is 25.2 Å². The van der Waals surface area contributed by atoms with Gasteiger partial charge in [0.05, 0.1) is 23.7 Å². The lowest BCUT2D eigenvalue weighted by Crippen LogP contribution is -2.33. The molecule has 26 heavy (non-hydrogen) atoms. The first-order chi connectivity index (χ1) is 12.7. The summed E-state index contributed by atoms with van der Waals surface area (Å²) in [5, 5.41) is 11.3. The Kier molecular flexibility index (Phi) is 4.47. The molecule has 0 bridgehead atoms. The maximum Gasteiger partial charge on any atom is 0.165 e. The van der Waals surface area contributed by atoms with Gasteiger partial charge in [0.2, 0.25) is 0 Å². The lowest BCUT2D eigenvalue weighted by molar-refractivity contribution is 0.180. The van der Waals surface area contributed by atoms with E-state index >= 15 is 0 Å². The van der Waals surface area contributed by atoms with E-state index in [4.69, 9.17) is 14.7 Å². The van der Waals surface area contributed by atoms with Gasteiger partial charge in [0, 0.05) is 19.0 Å². The fraction of sp³-hybridized carbons (Fsp3) is 0.333. The van der Waals surface area contributed by atoms with E-state index in [0.29, 0.717) is 24.0 Å². The van der Waals surface area contributed by atoms with E-state index in [-0.39, 0.29) is 5.75 Å². The first-order valence-electron chi connectivity index (χ1n) is 8.99. The van der Waals surface area contributed by atoms with Crippen LogP contribution in [-0.4, -0.2) is 41.4 Å². The maximum absolute atomic E-state index is 10.3. The standard InChI is InChI=1S/C21H23N3O2/c1-14-9-10-16-18(12-14)22-20(17-7-3-4-8-19(17)25)23-21(16)24-11-5-6-15(24)13-26-2/h3-4,7-10,12,15,25H,5-6,11,13H2,1-2H3/t15-/m0/s1. The van der Waals surface area contributed by atoms with Crippen LogP contribution in [0.15, 0.2) is 42.5 Å². The summed E-state index contributed by atoms with van der Waals surface area (Å²) >= 11 is 0. The summed E-state index contributed by atoms with van der Waals surface area (Å²) in [5.74, 6) is 1.67. The van der Waals surface area contributed by atoms with Crippen molar-refractivity contribution in [2.45, 2.75) is 25.8 Å². The van der Waals surface area contributed by atoms with Crippen molar-refractivity contribution in [1.29, 1.82) is 0 Å². The fourth-order valence-corrected chi connectivity index (χ4v) is 3.71. The van der Waals surface area contributed by atoms with Crippen molar-refractivity contribution >= 4 is 16.7 Å². The highest BCUT2D eigenvalue weighted by atomic mass is 16.5. The molecule has 1 aliphatic rings. The minimum atomic E-state index is 0.195. The van der Waals surface area contributed by atoms with Crippen LogP contribution in [0.25, 0.3) is 22.3 Å². The number of benzene rings is 2. The van der Waals surface area contributed by atoms with Gasteiger partial charge < -0.3 is 14.7 Å². The Labute approximate surface area is 153 Å². The first-order valence-corrected chi connectivity index (χ1v) is 8.99. The molecule has 5 heteroatoms. The number of aryl methyl sites for hydroxylation is 1. The summed E-state index contributed by atoms with van der Waals surface area (Å²) in [4.78, 5) is 11.9. The third kappa shape index (κ3) is 2.99. The molecule has 1 atom stereocenters. The molecule has 2 aromatic carbocycles. The molecule has 134 valence electrons. The van der Waals surface area contributed by atoms with Gasteiger partial charge in [-0.3, -0.25) is 0 Å². The lowest BCUT2D eigenvalue weighted by atomic mass is 10.1. The number of hydrogen-bond acceptors (Lipinski definition) is 5. The zero-order valence-electron chi connectivity index (χ0n) is 15.1. The topological polar surface area (TPSA) is 58.5 Å². The van der Waals surface area contributed by atoms with Crippen molar-refractivity contribution < 1.29 is 9.84 Å². The van der Waals surface area contributed by atoms with Crippen LogP contribution in [-0.2, 0) is 4.74 Å². The third-order valence-electron chi connectivity index (χ3n) is 4.99. The van der Waals surface area contributed by atoms with Gasteiger partial charge >= 0.3 is 0 Å². The lowest BCUT2D eigenvalue weighted by Gasteiger charge is -2.26. The molecule has 3 aromatic rings.